The molecule has 0 radical (unpaired) electrons. The molecule has 1 aromatic heterocycles. The molecule has 6 heteroatoms. The number of hydrogen-bond acceptors (Lipinski definition) is 4. The summed E-state index contributed by atoms with van der Waals surface area (Å²) in [4.78, 5) is 19.7. The van der Waals surface area contributed by atoms with Crippen LogP contribution in [0.15, 0.2) is 54.2 Å². The number of hydrogen-bond donors (Lipinski definition) is 1. The van der Waals surface area contributed by atoms with Gasteiger partial charge in [-0.15, -0.1) is 0 Å². The second kappa shape index (κ2) is 8.61. The molecule has 0 aliphatic carbocycles. The number of aryl methyl sites for hydroxylation is 1. The summed E-state index contributed by atoms with van der Waals surface area (Å²) in [7, 11) is 0. The average Bonchev–Trinajstić information content (AvgIpc) is 3.04. The summed E-state index contributed by atoms with van der Waals surface area (Å²) in [6.07, 6.45) is 6.64. The van der Waals surface area contributed by atoms with Crippen molar-refractivity contribution in [2.45, 2.75) is 25.8 Å². The van der Waals surface area contributed by atoms with E-state index in [1.54, 1.807) is 12.5 Å². The van der Waals surface area contributed by atoms with Crippen LogP contribution in [0.5, 0.6) is 0 Å². The van der Waals surface area contributed by atoms with Crippen LogP contribution in [-0.2, 0) is 16.2 Å². The largest absolute Gasteiger partial charge is 0.481 e. The highest BCUT2D eigenvalue weighted by Gasteiger charge is 2.05. The van der Waals surface area contributed by atoms with Crippen LogP contribution in [0.4, 0.5) is 0 Å². The van der Waals surface area contributed by atoms with E-state index in [4.69, 9.17) is 9.94 Å². The molecule has 0 spiro atoms. The maximum atomic E-state index is 10.5. The van der Waals surface area contributed by atoms with E-state index >= 15 is 0 Å². The summed E-state index contributed by atoms with van der Waals surface area (Å²) >= 11 is 0. The molecule has 0 saturated heterocycles. The van der Waals surface area contributed by atoms with Crippen LogP contribution in [0.1, 0.15) is 24.8 Å². The quantitative estimate of drug-likeness (QED) is 0.439. The van der Waals surface area contributed by atoms with Crippen LogP contribution in [0.2, 0.25) is 0 Å². The standard InChI is InChI=1S/C16H19N3O3/c20-16(21)7-4-12-22-18-15(14-5-2-1-3-6-14)8-10-19-11-9-17-13-19/h1-3,5-6,9,11,13H,4,7-8,10,12H2,(H,20,21)/b18-15-. The summed E-state index contributed by atoms with van der Waals surface area (Å²) < 4.78 is 1.98. The Balaban J connectivity index is 1.93. The van der Waals surface area contributed by atoms with Crippen LogP contribution < -0.4 is 0 Å². The first-order valence-electron chi connectivity index (χ1n) is 7.17. The number of imidazole rings is 1. The van der Waals surface area contributed by atoms with Crippen molar-refractivity contribution in [3.63, 3.8) is 0 Å². The van der Waals surface area contributed by atoms with Gasteiger partial charge in [0.2, 0.25) is 0 Å². The van der Waals surface area contributed by atoms with E-state index in [-0.39, 0.29) is 6.42 Å². The molecule has 2 aromatic rings. The predicted molar refractivity (Wildman–Crippen MR) is 82.6 cm³/mol. The summed E-state index contributed by atoms with van der Waals surface area (Å²) in [5.74, 6) is -0.823. The van der Waals surface area contributed by atoms with Crippen LogP contribution in [-0.4, -0.2) is 32.9 Å². The van der Waals surface area contributed by atoms with Gasteiger partial charge in [-0.25, -0.2) is 4.98 Å². The number of carbonyl (C=O) groups is 1. The number of oxime groups is 1. The number of carboxylic acid groups (broad SMARTS) is 1. The van der Waals surface area contributed by atoms with Crippen molar-refractivity contribution < 1.29 is 14.7 Å². The molecule has 0 amide bonds. The lowest BCUT2D eigenvalue weighted by Crippen LogP contribution is -2.08. The number of nitrogens with zero attached hydrogens (tertiary/aromatic N) is 3. The molecule has 1 N–H and O–H groups in total. The van der Waals surface area contributed by atoms with E-state index in [9.17, 15) is 4.79 Å². The van der Waals surface area contributed by atoms with Gasteiger partial charge in [0.1, 0.15) is 6.61 Å². The molecule has 0 unspecified atom stereocenters. The van der Waals surface area contributed by atoms with Crippen molar-refractivity contribution in [3.05, 3.63) is 54.6 Å². The fourth-order valence-corrected chi connectivity index (χ4v) is 1.94. The van der Waals surface area contributed by atoms with E-state index in [0.29, 0.717) is 19.4 Å². The number of carboxylic acids is 1. The molecule has 22 heavy (non-hydrogen) atoms. The Hall–Kier alpha value is -2.63. The minimum Gasteiger partial charge on any atom is -0.481 e. The van der Waals surface area contributed by atoms with Crippen molar-refractivity contribution in [2.75, 3.05) is 6.61 Å². The zero-order valence-electron chi connectivity index (χ0n) is 12.3. The molecule has 6 nitrogen and oxygen atoms in total. The van der Waals surface area contributed by atoms with Crippen molar-refractivity contribution in [1.82, 2.24) is 9.55 Å². The highest BCUT2D eigenvalue weighted by Crippen LogP contribution is 2.07. The van der Waals surface area contributed by atoms with E-state index in [1.165, 1.54) is 0 Å². The molecule has 1 heterocycles. The fourth-order valence-electron chi connectivity index (χ4n) is 1.94. The fraction of sp³-hybridized carbons (Fsp3) is 0.312. The average molecular weight is 301 g/mol. The lowest BCUT2D eigenvalue weighted by atomic mass is 10.1. The molecular weight excluding hydrogens is 282 g/mol. The number of benzene rings is 1. The SMILES string of the molecule is O=C(O)CCCO/N=C(/CCn1ccnc1)c1ccccc1. The number of rotatable bonds is 9. The molecule has 0 atom stereocenters. The van der Waals surface area contributed by atoms with E-state index in [1.807, 2.05) is 41.1 Å². The Labute approximate surface area is 129 Å². The topological polar surface area (TPSA) is 76.7 Å². The lowest BCUT2D eigenvalue weighted by molar-refractivity contribution is -0.137. The molecule has 116 valence electrons. The van der Waals surface area contributed by atoms with Gasteiger partial charge in [0, 0.05) is 31.8 Å². The van der Waals surface area contributed by atoms with E-state index < -0.39 is 5.97 Å². The summed E-state index contributed by atoms with van der Waals surface area (Å²) in [6.45, 7) is 1.06. The predicted octanol–water partition coefficient (Wildman–Crippen LogP) is 2.56. The molecule has 2 rings (SSSR count). The van der Waals surface area contributed by atoms with Gasteiger partial charge < -0.3 is 14.5 Å². The zero-order chi connectivity index (χ0) is 15.6. The maximum absolute atomic E-state index is 10.5. The number of aliphatic carboxylic acids is 1. The summed E-state index contributed by atoms with van der Waals surface area (Å²) in [5, 5.41) is 12.8. The lowest BCUT2D eigenvalue weighted by Gasteiger charge is -2.07. The highest BCUT2D eigenvalue weighted by molar-refractivity contribution is 6.00. The van der Waals surface area contributed by atoms with Gasteiger partial charge in [-0.2, -0.15) is 0 Å². The molecule has 1 aromatic carbocycles. The molecule has 0 aliphatic rings. The molecular formula is C16H19N3O3. The van der Waals surface area contributed by atoms with Gasteiger partial charge in [-0.3, -0.25) is 4.79 Å². The highest BCUT2D eigenvalue weighted by atomic mass is 16.6. The Kier molecular flexibility index (Phi) is 6.17. The zero-order valence-corrected chi connectivity index (χ0v) is 12.3. The van der Waals surface area contributed by atoms with Gasteiger partial charge in [0.25, 0.3) is 0 Å². The monoisotopic (exact) mass is 301 g/mol. The molecule has 0 bridgehead atoms. The first kappa shape index (κ1) is 15.8. The van der Waals surface area contributed by atoms with Crippen LogP contribution in [0.25, 0.3) is 0 Å². The second-order valence-corrected chi connectivity index (χ2v) is 4.79. The second-order valence-electron chi connectivity index (χ2n) is 4.79. The molecule has 0 fully saturated rings. The first-order chi connectivity index (χ1) is 10.8. The van der Waals surface area contributed by atoms with E-state index in [0.717, 1.165) is 17.8 Å². The van der Waals surface area contributed by atoms with Crippen LogP contribution in [0, 0.1) is 0 Å². The maximum Gasteiger partial charge on any atom is 0.303 e. The Morgan fingerprint density at radius 1 is 1.27 bits per heavy atom. The Morgan fingerprint density at radius 2 is 2.09 bits per heavy atom. The van der Waals surface area contributed by atoms with Crippen molar-refractivity contribution in [2.24, 2.45) is 5.16 Å². The van der Waals surface area contributed by atoms with Gasteiger partial charge >= 0.3 is 5.97 Å². The van der Waals surface area contributed by atoms with Gasteiger partial charge in [-0.1, -0.05) is 35.5 Å². The van der Waals surface area contributed by atoms with Crippen molar-refractivity contribution in [3.8, 4) is 0 Å². The van der Waals surface area contributed by atoms with Gasteiger partial charge in [0.05, 0.1) is 12.0 Å². The van der Waals surface area contributed by atoms with Crippen LogP contribution in [0.3, 0.4) is 0 Å². The smallest absolute Gasteiger partial charge is 0.303 e. The normalized spacial score (nSPS) is 11.4. The van der Waals surface area contributed by atoms with E-state index in [2.05, 4.69) is 10.1 Å². The first-order valence-corrected chi connectivity index (χ1v) is 7.17. The third kappa shape index (κ3) is 5.40. The Morgan fingerprint density at radius 3 is 2.77 bits per heavy atom. The van der Waals surface area contributed by atoms with Crippen molar-refractivity contribution >= 4 is 11.7 Å². The minimum atomic E-state index is -0.823. The summed E-state index contributed by atoms with van der Waals surface area (Å²) in [5.41, 5.74) is 1.84. The summed E-state index contributed by atoms with van der Waals surface area (Å²) in [6, 6.07) is 9.81. The third-order valence-electron chi connectivity index (χ3n) is 3.07. The van der Waals surface area contributed by atoms with Crippen molar-refractivity contribution in [1.29, 1.82) is 0 Å². The van der Waals surface area contributed by atoms with Gasteiger partial charge in [0.15, 0.2) is 0 Å². The number of aromatic nitrogens is 2. The van der Waals surface area contributed by atoms with Crippen LogP contribution >= 0.6 is 0 Å². The third-order valence-corrected chi connectivity index (χ3v) is 3.07. The van der Waals surface area contributed by atoms with Gasteiger partial charge in [-0.05, 0) is 12.0 Å². The Bertz CT molecular complexity index is 594. The molecule has 0 saturated carbocycles. The molecule has 0 aliphatic heterocycles. The minimum absolute atomic E-state index is 0.0885.